The molecule has 0 spiro atoms. The Morgan fingerprint density at radius 3 is 2.72 bits per heavy atom. The lowest BCUT2D eigenvalue weighted by Gasteiger charge is -2.43. The van der Waals surface area contributed by atoms with E-state index >= 15 is 0 Å². The Morgan fingerprint density at radius 1 is 1.13 bits per heavy atom. The zero-order chi connectivity index (χ0) is 32.3. The van der Waals surface area contributed by atoms with Crippen LogP contribution in [-0.4, -0.2) is 68.0 Å². The van der Waals surface area contributed by atoms with E-state index in [4.69, 9.17) is 25.8 Å². The molecule has 4 atom stereocenters. The quantitative estimate of drug-likeness (QED) is 0.269. The Morgan fingerprint density at radius 2 is 1.96 bits per heavy atom. The predicted octanol–water partition coefficient (Wildman–Crippen LogP) is 7.39. The summed E-state index contributed by atoms with van der Waals surface area (Å²) in [6, 6.07) is 12.4. The Kier molecular flexibility index (Phi) is 10.4. The molecule has 2 aromatic rings. The number of amides is 2. The molecule has 1 aliphatic carbocycles. The van der Waals surface area contributed by atoms with Gasteiger partial charge in [-0.25, -0.2) is 4.79 Å². The van der Waals surface area contributed by atoms with Crippen molar-refractivity contribution in [2.75, 3.05) is 44.3 Å². The van der Waals surface area contributed by atoms with Crippen LogP contribution in [0.15, 0.2) is 53.4 Å². The van der Waals surface area contributed by atoms with Crippen molar-refractivity contribution < 1.29 is 23.8 Å². The van der Waals surface area contributed by atoms with Crippen LogP contribution < -0.4 is 14.4 Å². The SMILES string of the molecule is CCCc1cc(Cl)ccc1C1COc2ccc3cc2N(C1)C[C@@H]1CCC1C(OC(=O)N1CCCC1)/C=C/COC(C)(C)C(=O)NS3. The van der Waals surface area contributed by atoms with Crippen molar-refractivity contribution in [1.82, 2.24) is 9.62 Å². The lowest BCUT2D eigenvalue weighted by Crippen LogP contribution is -2.46. The summed E-state index contributed by atoms with van der Waals surface area (Å²) in [5, 5.41) is 0.757. The maximum atomic E-state index is 13.2. The van der Waals surface area contributed by atoms with Gasteiger partial charge in [-0.1, -0.05) is 37.1 Å². The van der Waals surface area contributed by atoms with E-state index in [0.717, 1.165) is 86.1 Å². The molecule has 46 heavy (non-hydrogen) atoms. The number of hydrogen-bond donors (Lipinski definition) is 1. The fourth-order valence-electron chi connectivity index (χ4n) is 6.99. The molecule has 6 rings (SSSR count). The Bertz CT molecular complexity index is 1440. The van der Waals surface area contributed by atoms with Gasteiger partial charge in [0.25, 0.3) is 5.91 Å². The van der Waals surface area contributed by atoms with Crippen molar-refractivity contribution in [3.63, 3.8) is 0 Å². The first-order valence-corrected chi connectivity index (χ1v) is 17.9. The summed E-state index contributed by atoms with van der Waals surface area (Å²) >= 11 is 7.74. The van der Waals surface area contributed by atoms with E-state index in [-0.39, 0.29) is 36.5 Å². The van der Waals surface area contributed by atoms with Crippen LogP contribution >= 0.6 is 23.5 Å². The molecule has 4 aliphatic rings. The van der Waals surface area contributed by atoms with E-state index in [2.05, 4.69) is 34.7 Å². The molecule has 1 saturated heterocycles. The van der Waals surface area contributed by atoms with Crippen molar-refractivity contribution in [2.45, 2.75) is 81.8 Å². The zero-order valence-corrected chi connectivity index (χ0v) is 28.7. The largest absolute Gasteiger partial charge is 0.491 e. The lowest BCUT2D eigenvalue weighted by molar-refractivity contribution is -0.139. The molecule has 2 fully saturated rings. The molecule has 0 radical (unpaired) electrons. The van der Waals surface area contributed by atoms with Gasteiger partial charge < -0.3 is 24.0 Å². The molecule has 1 N–H and O–H groups in total. The van der Waals surface area contributed by atoms with E-state index in [0.29, 0.717) is 12.5 Å². The Hall–Kier alpha value is -2.88. The van der Waals surface area contributed by atoms with Crippen LogP contribution in [0.25, 0.3) is 0 Å². The van der Waals surface area contributed by atoms with Gasteiger partial charge in [-0.05, 0) is 111 Å². The minimum atomic E-state index is -1.04. The van der Waals surface area contributed by atoms with Crippen molar-refractivity contribution in [3.05, 3.63) is 64.7 Å². The van der Waals surface area contributed by atoms with Crippen molar-refractivity contribution >= 4 is 41.2 Å². The highest BCUT2D eigenvalue weighted by molar-refractivity contribution is 7.98. The predicted molar refractivity (Wildman–Crippen MR) is 183 cm³/mol. The highest BCUT2D eigenvalue weighted by Crippen LogP contribution is 2.44. The topological polar surface area (TPSA) is 80.3 Å². The minimum Gasteiger partial charge on any atom is -0.491 e. The first-order valence-electron chi connectivity index (χ1n) is 16.8. The van der Waals surface area contributed by atoms with E-state index < -0.39 is 5.60 Å². The van der Waals surface area contributed by atoms with Gasteiger partial charge in [-0.2, -0.15) is 0 Å². The van der Waals surface area contributed by atoms with Gasteiger partial charge in [0.15, 0.2) is 0 Å². The van der Waals surface area contributed by atoms with Crippen molar-refractivity contribution in [2.24, 2.45) is 11.8 Å². The summed E-state index contributed by atoms with van der Waals surface area (Å²) in [5.74, 6) is 1.27. The second kappa shape index (κ2) is 14.5. The molecule has 10 heteroatoms. The van der Waals surface area contributed by atoms with Crippen molar-refractivity contribution in [3.8, 4) is 5.75 Å². The fourth-order valence-corrected chi connectivity index (χ4v) is 7.95. The third kappa shape index (κ3) is 7.47. The van der Waals surface area contributed by atoms with Crippen LogP contribution in [-0.2, 0) is 20.7 Å². The van der Waals surface area contributed by atoms with Crippen LogP contribution in [0, 0.1) is 11.8 Å². The van der Waals surface area contributed by atoms with Crippen molar-refractivity contribution in [1.29, 1.82) is 0 Å². The van der Waals surface area contributed by atoms with E-state index in [9.17, 15) is 9.59 Å². The molecular weight excluding hydrogens is 622 g/mol. The number of benzene rings is 2. The first-order chi connectivity index (χ1) is 22.2. The molecule has 2 aromatic carbocycles. The summed E-state index contributed by atoms with van der Waals surface area (Å²) < 4.78 is 21.7. The average molecular weight is 668 g/mol. The Labute approximate surface area is 282 Å². The molecule has 0 aromatic heterocycles. The summed E-state index contributed by atoms with van der Waals surface area (Å²) in [6.07, 6.45) is 9.33. The molecule has 3 heterocycles. The second-order valence-electron chi connectivity index (χ2n) is 13.5. The van der Waals surface area contributed by atoms with Crippen LogP contribution in [0.2, 0.25) is 5.02 Å². The molecule has 248 valence electrons. The molecule has 2 amide bonds. The number of hydrogen-bond acceptors (Lipinski definition) is 7. The van der Waals surface area contributed by atoms with Crippen LogP contribution in [0.1, 0.15) is 69.9 Å². The summed E-state index contributed by atoms with van der Waals surface area (Å²) in [7, 11) is 0. The lowest BCUT2D eigenvalue weighted by atomic mass is 9.70. The number of anilines is 1. The molecule has 2 bridgehead atoms. The number of ether oxygens (including phenoxy) is 3. The van der Waals surface area contributed by atoms with Gasteiger partial charge >= 0.3 is 6.09 Å². The summed E-state index contributed by atoms with van der Waals surface area (Å²) in [5.41, 5.74) is 2.52. The second-order valence-corrected chi connectivity index (χ2v) is 14.8. The standard InChI is InChI=1S/C36H46ClN3O5S/c1-4-8-24-19-27(37)11-14-29(24)26-22-40-21-25-10-13-30(25)32(45-35(42)39-16-5-6-17-39)9-7-18-44-36(2,3)34(41)38-46-28-12-15-33(43-23-26)31(40)20-28/h7,9,11-12,14-15,19-20,25-26,30,32H,4-6,8,10,13,16-18,21-23H2,1-3H3,(H,38,41)/b9-7+/t25-,26?,30?,32?/m0/s1. The number of carbonyl (C=O) groups excluding carboxylic acids is 2. The number of rotatable bonds is 4. The first kappa shape index (κ1) is 33.0. The number of likely N-dealkylation sites (tertiary alicyclic amines) is 1. The van der Waals surface area contributed by atoms with Gasteiger partial charge in [-0.15, -0.1) is 0 Å². The molecule has 3 aliphatic heterocycles. The third-order valence-corrected chi connectivity index (χ3v) is 10.9. The number of nitrogens with zero attached hydrogens (tertiary/aromatic N) is 2. The number of fused-ring (bicyclic) bond motifs is 2. The molecule has 8 nitrogen and oxygen atoms in total. The summed E-state index contributed by atoms with van der Waals surface area (Å²) in [6.45, 7) is 9.60. The number of nitrogens with one attached hydrogen (secondary N) is 1. The average Bonchev–Trinajstić information content (AvgIpc) is 3.51. The maximum Gasteiger partial charge on any atom is 0.410 e. The minimum absolute atomic E-state index is 0.146. The maximum absolute atomic E-state index is 13.2. The molecular formula is C36H46ClN3O5S. The molecule has 1 saturated carbocycles. The Balaban J connectivity index is 1.33. The number of halogens is 1. The number of aryl methyl sites for hydroxylation is 1. The van der Waals surface area contributed by atoms with Gasteiger partial charge in [0.1, 0.15) is 17.5 Å². The summed E-state index contributed by atoms with van der Waals surface area (Å²) in [4.78, 5) is 31.5. The van der Waals surface area contributed by atoms with Gasteiger partial charge in [0, 0.05) is 47.9 Å². The zero-order valence-electron chi connectivity index (χ0n) is 27.1. The normalized spacial score (nSPS) is 27.0. The molecule has 3 unspecified atom stereocenters. The smallest absolute Gasteiger partial charge is 0.410 e. The van der Waals surface area contributed by atoms with Crippen LogP contribution in [0.4, 0.5) is 10.5 Å². The van der Waals surface area contributed by atoms with Gasteiger partial charge in [-0.3, -0.25) is 9.52 Å². The highest BCUT2D eigenvalue weighted by atomic mass is 35.5. The van der Waals surface area contributed by atoms with E-state index in [1.807, 2.05) is 35.3 Å². The highest BCUT2D eigenvalue weighted by Gasteiger charge is 2.41. The van der Waals surface area contributed by atoms with Crippen LogP contribution in [0.3, 0.4) is 0 Å². The van der Waals surface area contributed by atoms with Gasteiger partial charge in [0.05, 0.1) is 18.9 Å². The van der Waals surface area contributed by atoms with Crippen LogP contribution in [0.5, 0.6) is 5.75 Å². The fraction of sp³-hybridized carbons (Fsp3) is 0.556. The number of carbonyl (C=O) groups is 2. The van der Waals surface area contributed by atoms with E-state index in [1.54, 1.807) is 13.8 Å². The monoisotopic (exact) mass is 667 g/mol. The van der Waals surface area contributed by atoms with E-state index in [1.165, 1.54) is 23.1 Å². The van der Waals surface area contributed by atoms with Gasteiger partial charge in [0.2, 0.25) is 0 Å². The third-order valence-electron chi connectivity index (χ3n) is 9.84.